The van der Waals surface area contributed by atoms with Gasteiger partial charge in [0.2, 0.25) is 6.10 Å². The predicted octanol–water partition coefficient (Wildman–Crippen LogP) is 6.27. The average Bonchev–Trinajstić information content (AvgIpc) is 2.95. The summed E-state index contributed by atoms with van der Waals surface area (Å²) in [5, 5.41) is 4.22. The first-order valence-corrected chi connectivity index (χ1v) is 12.1. The second-order valence-corrected chi connectivity index (χ2v) is 8.76. The Labute approximate surface area is 215 Å². The highest BCUT2D eigenvalue weighted by molar-refractivity contribution is 5.85. The van der Waals surface area contributed by atoms with Gasteiger partial charge in [-0.25, -0.2) is 9.59 Å². The Hall–Kier alpha value is -4.64. The molecule has 5 nitrogen and oxygen atoms in total. The molecule has 0 aliphatic carbocycles. The molecule has 5 aromatic rings. The van der Waals surface area contributed by atoms with E-state index in [9.17, 15) is 9.59 Å². The number of hydrogen-bond donors (Lipinski definition) is 0. The fourth-order valence-electron chi connectivity index (χ4n) is 4.17. The first-order valence-electron chi connectivity index (χ1n) is 12.1. The Kier molecular flexibility index (Phi) is 7.42. The summed E-state index contributed by atoms with van der Waals surface area (Å²) in [6, 6.07) is 36.7. The number of carbonyl (C=O) groups excluding carboxylic acids is 2. The maximum Gasteiger partial charge on any atom is 0.348 e. The number of carbonyl (C=O) groups is 2. The topological polar surface area (TPSA) is 61.8 Å². The average molecular weight is 491 g/mol. The van der Waals surface area contributed by atoms with Gasteiger partial charge in [0.15, 0.2) is 6.61 Å². The van der Waals surface area contributed by atoms with Gasteiger partial charge in [-0.15, -0.1) is 0 Å². The van der Waals surface area contributed by atoms with Crippen molar-refractivity contribution < 1.29 is 23.8 Å². The van der Waals surface area contributed by atoms with Crippen molar-refractivity contribution in [3.63, 3.8) is 0 Å². The molecule has 0 fully saturated rings. The van der Waals surface area contributed by atoms with Gasteiger partial charge in [0.1, 0.15) is 12.4 Å². The van der Waals surface area contributed by atoms with Gasteiger partial charge in [-0.2, -0.15) is 0 Å². The van der Waals surface area contributed by atoms with Crippen LogP contribution < -0.4 is 4.74 Å². The molecule has 0 spiro atoms. The van der Waals surface area contributed by atoms with Gasteiger partial charge in [0.05, 0.1) is 0 Å². The quantitative estimate of drug-likeness (QED) is 0.228. The molecule has 0 aliphatic rings. The van der Waals surface area contributed by atoms with Gasteiger partial charge in [-0.1, -0.05) is 103 Å². The van der Waals surface area contributed by atoms with Crippen molar-refractivity contribution in [1.29, 1.82) is 0 Å². The second kappa shape index (κ2) is 11.4. The fourth-order valence-corrected chi connectivity index (χ4v) is 4.17. The molecule has 0 aliphatic heterocycles. The molecular weight excluding hydrogens is 464 g/mol. The zero-order valence-corrected chi connectivity index (χ0v) is 20.2. The Morgan fingerprint density at radius 3 is 1.97 bits per heavy atom. The molecule has 0 amide bonds. The number of esters is 2. The molecule has 37 heavy (non-hydrogen) atoms. The highest BCUT2D eigenvalue weighted by Gasteiger charge is 2.26. The van der Waals surface area contributed by atoms with Gasteiger partial charge in [-0.05, 0) is 44.8 Å². The minimum Gasteiger partial charge on any atom is -0.482 e. The van der Waals surface area contributed by atoms with Crippen molar-refractivity contribution in [2.24, 2.45) is 0 Å². The molecule has 0 bridgehead atoms. The van der Waals surface area contributed by atoms with E-state index in [4.69, 9.17) is 14.2 Å². The van der Waals surface area contributed by atoms with E-state index in [-0.39, 0.29) is 19.6 Å². The first kappa shape index (κ1) is 24.1. The van der Waals surface area contributed by atoms with E-state index in [1.165, 1.54) is 0 Å². The lowest BCUT2D eigenvalue weighted by Gasteiger charge is -2.18. The van der Waals surface area contributed by atoms with Crippen LogP contribution in [0.4, 0.5) is 0 Å². The molecule has 0 heterocycles. The van der Waals surface area contributed by atoms with Crippen molar-refractivity contribution in [3.8, 4) is 5.75 Å². The molecule has 184 valence electrons. The second-order valence-electron chi connectivity index (χ2n) is 8.76. The van der Waals surface area contributed by atoms with Crippen molar-refractivity contribution in [1.82, 2.24) is 0 Å². The maximum atomic E-state index is 13.0. The van der Waals surface area contributed by atoms with E-state index in [1.807, 2.05) is 109 Å². The molecule has 0 aromatic heterocycles. The van der Waals surface area contributed by atoms with Crippen LogP contribution in [0.5, 0.6) is 5.75 Å². The van der Waals surface area contributed by atoms with Crippen molar-refractivity contribution in [3.05, 3.63) is 126 Å². The van der Waals surface area contributed by atoms with Crippen LogP contribution in [0, 0.1) is 0 Å². The van der Waals surface area contributed by atoms with Crippen molar-refractivity contribution >= 4 is 33.5 Å². The van der Waals surface area contributed by atoms with E-state index < -0.39 is 18.0 Å². The van der Waals surface area contributed by atoms with Gasteiger partial charge < -0.3 is 14.2 Å². The lowest BCUT2D eigenvalue weighted by Crippen LogP contribution is -2.33. The normalized spacial score (nSPS) is 11.7. The Bertz CT molecular complexity index is 1530. The number of hydrogen-bond acceptors (Lipinski definition) is 5. The summed E-state index contributed by atoms with van der Waals surface area (Å²) in [6.07, 6.45) is -0.905. The zero-order chi connectivity index (χ0) is 25.5. The third kappa shape index (κ3) is 6.33. The summed E-state index contributed by atoms with van der Waals surface area (Å²) in [5.74, 6) is -0.694. The summed E-state index contributed by atoms with van der Waals surface area (Å²) >= 11 is 0. The summed E-state index contributed by atoms with van der Waals surface area (Å²) in [6.45, 7) is -0.225. The number of benzene rings is 5. The molecule has 5 rings (SSSR count). The lowest BCUT2D eigenvalue weighted by molar-refractivity contribution is -0.169. The molecule has 5 heteroatoms. The van der Waals surface area contributed by atoms with E-state index >= 15 is 0 Å². The number of ether oxygens (including phenoxy) is 3. The monoisotopic (exact) mass is 490 g/mol. The van der Waals surface area contributed by atoms with E-state index in [0.717, 1.165) is 32.7 Å². The van der Waals surface area contributed by atoms with Crippen LogP contribution in [-0.4, -0.2) is 24.6 Å². The summed E-state index contributed by atoms with van der Waals surface area (Å²) in [4.78, 5) is 25.7. The van der Waals surface area contributed by atoms with E-state index in [2.05, 4.69) is 0 Å². The number of rotatable bonds is 9. The van der Waals surface area contributed by atoms with E-state index in [0.29, 0.717) is 5.75 Å². The van der Waals surface area contributed by atoms with Crippen LogP contribution in [0.1, 0.15) is 11.1 Å². The van der Waals surface area contributed by atoms with Crippen LogP contribution in [0.2, 0.25) is 0 Å². The Morgan fingerprint density at radius 1 is 0.622 bits per heavy atom. The standard InChI is InChI=1S/C32H26O5/c33-31(22-35-29-17-16-26-11-5-7-13-28(26)20-29)37-30(32(34)36-21-23-8-2-1-3-9-23)19-24-14-15-25-10-4-6-12-27(25)18-24/h1-18,20,30H,19,21-22H2/t30-/m1/s1. The Morgan fingerprint density at radius 2 is 1.24 bits per heavy atom. The van der Waals surface area contributed by atoms with Crippen LogP contribution in [0.25, 0.3) is 21.5 Å². The van der Waals surface area contributed by atoms with Crippen LogP contribution in [0.15, 0.2) is 115 Å². The lowest BCUT2D eigenvalue weighted by atomic mass is 10.0. The molecular formula is C32H26O5. The summed E-state index contributed by atoms with van der Waals surface area (Å²) in [7, 11) is 0. The fraction of sp³-hybridized carbons (Fsp3) is 0.125. The molecule has 1 atom stereocenters. The summed E-state index contributed by atoms with van der Waals surface area (Å²) in [5.41, 5.74) is 1.72. The highest BCUT2D eigenvalue weighted by atomic mass is 16.6. The predicted molar refractivity (Wildman–Crippen MR) is 143 cm³/mol. The van der Waals surface area contributed by atoms with Crippen LogP contribution >= 0.6 is 0 Å². The molecule has 0 N–H and O–H groups in total. The molecule has 0 saturated carbocycles. The van der Waals surface area contributed by atoms with Crippen molar-refractivity contribution in [2.75, 3.05) is 6.61 Å². The van der Waals surface area contributed by atoms with Gasteiger partial charge in [-0.3, -0.25) is 0 Å². The first-order chi connectivity index (χ1) is 18.1. The smallest absolute Gasteiger partial charge is 0.348 e. The maximum absolute atomic E-state index is 13.0. The van der Waals surface area contributed by atoms with Crippen molar-refractivity contribution in [2.45, 2.75) is 19.1 Å². The highest BCUT2D eigenvalue weighted by Crippen LogP contribution is 2.21. The van der Waals surface area contributed by atoms with Gasteiger partial charge >= 0.3 is 11.9 Å². The van der Waals surface area contributed by atoms with Gasteiger partial charge in [0.25, 0.3) is 0 Å². The molecule has 0 unspecified atom stereocenters. The summed E-state index contributed by atoms with van der Waals surface area (Å²) < 4.78 is 16.8. The SMILES string of the molecule is O=C(COc1ccc2ccccc2c1)O[C@H](Cc1ccc2ccccc2c1)C(=O)OCc1ccccc1. The molecule has 5 aromatic carbocycles. The zero-order valence-electron chi connectivity index (χ0n) is 20.2. The molecule has 0 saturated heterocycles. The van der Waals surface area contributed by atoms with E-state index in [1.54, 1.807) is 6.07 Å². The minimum absolute atomic E-state index is 0.0963. The largest absolute Gasteiger partial charge is 0.482 e. The van der Waals surface area contributed by atoms with Crippen LogP contribution in [0.3, 0.4) is 0 Å². The third-order valence-electron chi connectivity index (χ3n) is 6.07. The number of fused-ring (bicyclic) bond motifs is 2. The minimum atomic E-state index is -1.10. The Balaban J connectivity index is 1.27. The molecule has 0 radical (unpaired) electrons. The van der Waals surface area contributed by atoms with Crippen LogP contribution in [-0.2, 0) is 32.1 Å². The third-order valence-corrected chi connectivity index (χ3v) is 6.07. The van der Waals surface area contributed by atoms with Gasteiger partial charge in [0, 0.05) is 6.42 Å².